The number of para-hydroxylation sites is 1. The van der Waals surface area contributed by atoms with Crippen LogP contribution < -0.4 is 4.74 Å². The fourth-order valence-electron chi connectivity index (χ4n) is 2.33. The zero-order valence-electron chi connectivity index (χ0n) is 9.67. The van der Waals surface area contributed by atoms with E-state index in [1.165, 1.54) is 0 Å². The van der Waals surface area contributed by atoms with Gasteiger partial charge in [-0.3, -0.25) is 0 Å². The molecule has 1 atom stereocenters. The molecule has 0 saturated heterocycles. The van der Waals surface area contributed by atoms with E-state index in [1.54, 1.807) is 12.1 Å². The molecule has 1 N–H and O–H groups in total. The van der Waals surface area contributed by atoms with Gasteiger partial charge in [-0.2, -0.15) is 0 Å². The molecule has 0 radical (unpaired) electrons. The molecule has 0 amide bonds. The van der Waals surface area contributed by atoms with E-state index in [0.29, 0.717) is 5.56 Å². The van der Waals surface area contributed by atoms with Gasteiger partial charge in [0.25, 0.3) is 0 Å². The first kappa shape index (κ1) is 10.8. The number of rotatable bonds is 2. The fraction of sp³-hybridized carbons (Fsp3) is 0.133. The maximum atomic E-state index is 11.2. The van der Waals surface area contributed by atoms with Crippen molar-refractivity contribution in [3.63, 3.8) is 0 Å². The molecule has 0 aliphatic carbocycles. The number of carbonyl (C=O) groups is 1. The second-order valence-electron chi connectivity index (χ2n) is 4.31. The van der Waals surface area contributed by atoms with Crippen LogP contribution in [-0.2, 0) is 6.42 Å². The summed E-state index contributed by atoms with van der Waals surface area (Å²) in [5.74, 6) is -0.0622. The van der Waals surface area contributed by atoms with E-state index in [4.69, 9.17) is 4.74 Å². The molecule has 18 heavy (non-hydrogen) atoms. The van der Waals surface area contributed by atoms with Gasteiger partial charge in [0, 0.05) is 12.0 Å². The van der Waals surface area contributed by atoms with Crippen LogP contribution in [0.15, 0.2) is 48.5 Å². The summed E-state index contributed by atoms with van der Waals surface area (Å²) < 4.78 is 5.82. The topological polar surface area (TPSA) is 46.5 Å². The molecule has 90 valence electrons. The number of hydrogen-bond donors (Lipinski definition) is 1. The third kappa shape index (κ3) is 1.74. The normalized spacial score (nSPS) is 17.0. The van der Waals surface area contributed by atoms with Crippen molar-refractivity contribution in [1.29, 1.82) is 0 Å². The van der Waals surface area contributed by atoms with Crippen LogP contribution >= 0.6 is 0 Å². The highest BCUT2D eigenvalue weighted by molar-refractivity contribution is 5.89. The first-order valence-corrected chi connectivity index (χ1v) is 5.82. The first-order chi connectivity index (χ1) is 8.75. The number of carboxylic acid groups (broad SMARTS) is 1. The van der Waals surface area contributed by atoms with Crippen LogP contribution in [0.1, 0.15) is 27.6 Å². The maximum Gasteiger partial charge on any atom is 0.336 e. The van der Waals surface area contributed by atoms with Gasteiger partial charge in [-0.05, 0) is 17.7 Å². The Hall–Kier alpha value is -2.29. The summed E-state index contributed by atoms with van der Waals surface area (Å²) in [6.45, 7) is 0. The molecule has 0 saturated carbocycles. The van der Waals surface area contributed by atoms with Gasteiger partial charge in [0.1, 0.15) is 11.9 Å². The fourth-order valence-corrected chi connectivity index (χ4v) is 2.33. The Balaban J connectivity index is 1.98. The lowest BCUT2D eigenvalue weighted by molar-refractivity contribution is 0.0692. The van der Waals surface area contributed by atoms with Gasteiger partial charge >= 0.3 is 5.97 Å². The summed E-state index contributed by atoms with van der Waals surface area (Å²) in [4.78, 5) is 11.2. The van der Waals surface area contributed by atoms with E-state index in [9.17, 15) is 9.90 Å². The number of hydrogen-bond acceptors (Lipinski definition) is 2. The van der Waals surface area contributed by atoms with Gasteiger partial charge in [0.2, 0.25) is 0 Å². The van der Waals surface area contributed by atoms with E-state index in [-0.39, 0.29) is 6.10 Å². The number of benzene rings is 2. The van der Waals surface area contributed by atoms with Crippen LogP contribution in [0.5, 0.6) is 5.75 Å². The summed E-state index contributed by atoms with van der Waals surface area (Å²) in [6, 6.07) is 14.8. The van der Waals surface area contributed by atoms with Gasteiger partial charge in [-0.25, -0.2) is 4.79 Å². The van der Waals surface area contributed by atoms with Crippen molar-refractivity contribution < 1.29 is 14.6 Å². The van der Waals surface area contributed by atoms with Crippen LogP contribution in [0, 0.1) is 0 Å². The molecule has 1 aliphatic heterocycles. The van der Waals surface area contributed by atoms with Gasteiger partial charge in [-0.15, -0.1) is 0 Å². The van der Waals surface area contributed by atoms with E-state index in [1.807, 2.05) is 36.4 Å². The van der Waals surface area contributed by atoms with Crippen molar-refractivity contribution in [3.05, 3.63) is 65.2 Å². The highest BCUT2D eigenvalue weighted by atomic mass is 16.5. The Morgan fingerprint density at radius 2 is 1.83 bits per heavy atom. The summed E-state index contributed by atoms with van der Waals surface area (Å²) >= 11 is 0. The van der Waals surface area contributed by atoms with Gasteiger partial charge in [-0.1, -0.05) is 36.4 Å². The van der Waals surface area contributed by atoms with Crippen molar-refractivity contribution in [2.75, 3.05) is 0 Å². The average Bonchev–Trinajstić information content (AvgIpc) is 2.82. The molecule has 1 heterocycles. The molecule has 3 nitrogen and oxygen atoms in total. The molecule has 2 aromatic carbocycles. The Kier molecular flexibility index (Phi) is 2.52. The van der Waals surface area contributed by atoms with Crippen LogP contribution in [-0.4, -0.2) is 11.1 Å². The zero-order valence-corrected chi connectivity index (χ0v) is 9.67. The van der Waals surface area contributed by atoms with Crippen LogP contribution in [0.2, 0.25) is 0 Å². The Labute approximate surface area is 105 Å². The maximum absolute atomic E-state index is 11.2. The van der Waals surface area contributed by atoms with E-state index in [0.717, 1.165) is 23.3 Å². The van der Waals surface area contributed by atoms with Gasteiger partial charge in [0.05, 0.1) is 5.56 Å². The molecule has 1 unspecified atom stereocenters. The summed E-state index contributed by atoms with van der Waals surface area (Å²) in [6.07, 6.45) is 0.523. The van der Waals surface area contributed by atoms with E-state index in [2.05, 4.69) is 0 Å². The number of fused-ring (bicyclic) bond motifs is 1. The van der Waals surface area contributed by atoms with Gasteiger partial charge < -0.3 is 9.84 Å². The van der Waals surface area contributed by atoms with Crippen molar-refractivity contribution in [2.45, 2.75) is 12.5 Å². The van der Waals surface area contributed by atoms with Crippen molar-refractivity contribution in [1.82, 2.24) is 0 Å². The third-order valence-corrected chi connectivity index (χ3v) is 3.19. The summed E-state index contributed by atoms with van der Waals surface area (Å²) in [5.41, 5.74) is 2.18. The molecule has 0 fully saturated rings. The Bertz CT molecular complexity index is 579. The van der Waals surface area contributed by atoms with Crippen molar-refractivity contribution in [3.8, 4) is 5.75 Å². The second kappa shape index (κ2) is 4.18. The number of aromatic carboxylic acids is 1. The predicted octanol–water partition coefficient (Wildman–Crippen LogP) is 3.06. The Morgan fingerprint density at radius 3 is 2.61 bits per heavy atom. The van der Waals surface area contributed by atoms with Crippen LogP contribution in [0.4, 0.5) is 0 Å². The minimum Gasteiger partial charge on any atom is -0.485 e. The summed E-state index contributed by atoms with van der Waals surface area (Å²) in [7, 11) is 0. The van der Waals surface area contributed by atoms with Crippen molar-refractivity contribution >= 4 is 5.97 Å². The molecule has 0 bridgehead atoms. The smallest absolute Gasteiger partial charge is 0.336 e. The SMILES string of the molecule is O=C(O)c1ccccc1C1Cc2ccccc2O1. The summed E-state index contributed by atoms with van der Waals surface area (Å²) in [5, 5.41) is 9.19. The molecule has 2 aromatic rings. The van der Waals surface area contributed by atoms with Crippen LogP contribution in [0.3, 0.4) is 0 Å². The monoisotopic (exact) mass is 240 g/mol. The molecule has 0 spiro atoms. The largest absolute Gasteiger partial charge is 0.485 e. The minimum absolute atomic E-state index is 0.199. The zero-order chi connectivity index (χ0) is 12.5. The lowest BCUT2D eigenvalue weighted by Crippen LogP contribution is -2.10. The predicted molar refractivity (Wildman–Crippen MR) is 66.9 cm³/mol. The quantitative estimate of drug-likeness (QED) is 0.877. The van der Waals surface area contributed by atoms with Gasteiger partial charge in [0.15, 0.2) is 0 Å². The highest BCUT2D eigenvalue weighted by Crippen LogP contribution is 2.37. The minimum atomic E-state index is -0.912. The van der Waals surface area contributed by atoms with Crippen molar-refractivity contribution in [2.24, 2.45) is 0 Å². The average molecular weight is 240 g/mol. The number of ether oxygens (including phenoxy) is 1. The third-order valence-electron chi connectivity index (χ3n) is 3.19. The molecule has 3 rings (SSSR count). The lowest BCUT2D eigenvalue weighted by atomic mass is 9.99. The van der Waals surface area contributed by atoms with E-state index >= 15 is 0 Å². The second-order valence-corrected chi connectivity index (χ2v) is 4.31. The molecular weight excluding hydrogens is 228 g/mol. The molecular formula is C15H12O3. The highest BCUT2D eigenvalue weighted by Gasteiger charge is 2.27. The first-order valence-electron chi connectivity index (χ1n) is 5.82. The molecule has 3 heteroatoms. The Morgan fingerprint density at radius 1 is 1.11 bits per heavy atom. The molecule has 0 aromatic heterocycles. The molecule has 1 aliphatic rings. The number of carboxylic acids is 1. The lowest BCUT2D eigenvalue weighted by Gasteiger charge is -2.13. The van der Waals surface area contributed by atoms with Crippen LogP contribution in [0.25, 0.3) is 0 Å². The van der Waals surface area contributed by atoms with E-state index < -0.39 is 5.97 Å². The standard InChI is InChI=1S/C15H12O3/c16-15(17)12-7-3-2-6-11(12)14-9-10-5-1-4-8-13(10)18-14/h1-8,14H,9H2,(H,16,17).